The fraction of sp³-hybridized carbons (Fsp3) is 0.167. The van der Waals surface area contributed by atoms with Gasteiger partial charge in [0.15, 0.2) is 0 Å². The Bertz CT molecular complexity index is 593. The van der Waals surface area contributed by atoms with Crippen LogP contribution in [-0.4, -0.2) is 17.6 Å². The van der Waals surface area contributed by atoms with Gasteiger partial charge in [0.1, 0.15) is 5.69 Å². The number of hydrazine groups is 1. The summed E-state index contributed by atoms with van der Waals surface area (Å²) in [6.07, 6.45) is 0.515. The monoisotopic (exact) mass is 244 g/mol. The Balaban J connectivity index is 1.92. The lowest BCUT2D eigenvalue weighted by atomic mass is 10.1. The number of hydrogen-bond donors (Lipinski definition) is 2. The highest BCUT2D eigenvalue weighted by atomic mass is 16.5. The van der Waals surface area contributed by atoms with Gasteiger partial charge in [0.05, 0.1) is 5.69 Å². The van der Waals surface area contributed by atoms with Crippen LogP contribution in [0.15, 0.2) is 34.9 Å². The number of nitrogen functional groups attached to an aromatic ring is 1. The zero-order valence-electron chi connectivity index (χ0n) is 9.59. The summed E-state index contributed by atoms with van der Waals surface area (Å²) in [6, 6.07) is 9.35. The summed E-state index contributed by atoms with van der Waals surface area (Å²) in [6.45, 7) is 0.670. The van der Waals surface area contributed by atoms with E-state index in [1.807, 2.05) is 29.3 Å². The zero-order chi connectivity index (χ0) is 12.5. The molecule has 3 N–H and O–H groups in total. The first kappa shape index (κ1) is 10.6. The van der Waals surface area contributed by atoms with Crippen LogP contribution >= 0.6 is 0 Å². The normalized spacial score (nSPS) is 14.9. The van der Waals surface area contributed by atoms with Crippen LogP contribution in [0.4, 0.5) is 11.6 Å². The Hall–Kier alpha value is -2.50. The van der Waals surface area contributed by atoms with Crippen molar-refractivity contribution >= 4 is 17.5 Å². The number of nitrogens with one attached hydrogen (secondary N) is 1. The molecule has 0 atom stereocenters. The minimum absolute atomic E-state index is 0.0334. The van der Waals surface area contributed by atoms with Crippen LogP contribution in [0, 0.1) is 0 Å². The van der Waals surface area contributed by atoms with E-state index in [0.29, 0.717) is 18.7 Å². The van der Waals surface area contributed by atoms with Crippen molar-refractivity contribution in [2.24, 2.45) is 0 Å². The minimum Gasteiger partial charge on any atom is -0.368 e. The summed E-state index contributed by atoms with van der Waals surface area (Å²) >= 11 is 0. The molecular formula is C12H12N4O2. The molecule has 6 heteroatoms. The SMILES string of the molecule is Nc1cc(-c2cccc(N3CCC(=O)N3)c2)no1. The molecule has 2 aromatic rings. The molecule has 0 unspecified atom stereocenters. The lowest BCUT2D eigenvalue weighted by Gasteiger charge is -2.17. The highest BCUT2D eigenvalue weighted by Crippen LogP contribution is 2.25. The van der Waals surface area contributed by atoms with Crippen molar-refractivity contribution in [1.29, 1.82) is 0 Å². The minimum atomic E-state index is 0.0334. The van der Waals surface area contributed by atoms with E-state index in [1.54, 1.807) is 6.07 Å². The number of nitrogens with two attached hydrogens (primary N) is 1. The van der Waals surface area contributed by atoms with Crippen molar-refractivity contribution in [3.63, 3.8) is 0 Å². The lowest BCUT2D eigenvalue weighted by Crippen LogP contribution is -2.32. The Morgan fingerprint density at radius 2 is 2.28 bits per heavy atom. The molecular weight excluding hydrogens is 232 g/mol. The number of aromatic nitrogens is 1. The van der Waals surface area contributed by atoms with Gasteiger partial charge in [-0.15, -0.1) is 0 Å². The third kappa shape index (κ3) is 1.88. The maximum absolute atomic E-state index is 11.2. The van der Waals surface area contributed by atoms with Crippen molar-refractivity contribution in [1.82, 2.24) is 10.6 Å². The number of carbonyl (C=O) groups excluding carboxylic acids is 1. The van der Waals surface area contributed by atoms with Gasteiger partial charge in [-0.3, -0.25) is 15.2 Å². The van der Waals surface area contributed by atoms with Gasteiger partial charge >= 0.3 is 0 Å². The highest BCUT2D eigenvalue weighted by Gasteiger charge is 2.19. The predicted octanol–water partition coefficient (Wildman–Crippen LogP) is 1.17. The third-order valence-electron chi connectivity index (χ3n) is 2.80. The molecule has 92 valence electrons. The maximum atomic E-state index is 11.2. The molecule has 0 aliphatic carbocycles. The number of nitrogens with zero attached hydrogens (tertiary/aromatic N) is 2. The Morgan fingerprint density at radius 3 is 2.94 bits per heavy atom. The van der Waals surface area contributed by atoms with Gasteiger partial charge in [0, 0.05) is 24.6 Å². The summed E-state index contributed by atoms with van der Waals surface area (Å²) in [7, 11) is 0. The van der Waals surface area contributed by atoms with E-state index in [9.17, 15) is 4.79 Å². The van der Waals surface area contributed by atoms with Gasteiger partial charge in [-0.2, -0.15) is 0 Å². The molecule has 18 heavy (non-hydrogen) atoms. The van der Waals surface area contributed by atoms with Gasteiger partial charge in [-0.25, -0.2) is 0 Å². The van der Waals surface area contributed by atoms with Crippen LogP contribution < -0.4 is 16.2 Å². The molecule has 0 saturated carbocycles. The van der Waals surface area contributed by atoms with Crippen molar-refractivity contribution in [3.05, 3.63) is 30.3 Å². The first-order chi connectivity index (χ1) is 8.72. The van der Waals surface area contributed by atoms with Gasteiger partial charge in [-0.05, 0) is 12.1 Å². The molecule has 0 radical (unpaired) electrons. The second kappa shape index (κ2) is 4.06. The van der Waals surface area contributed by atoms with Crippen LogP contribution in [0.5, 0.6) is 0 Å². The molecule has 1 aromatic carbocycles. The van der Waals surface area contributed by atoms with E-state index in [1.165, 1.54) is 0 Å². The van der Waals surface area contributed by atoms with Crippen LogP contribution in [0.3, 0.4) is 0 Å². The molecule has 1 amide bonds. The standard InChI is InChI=1S/C12H12N4O2/c13-11-7-10(15-18-11)8-2-1-3-9(6-8)16-5-4-12(17)14-16/h1-3,6-7H,4-5,13H2,(H,14,17). The van der Waals surface area contributed by atoms with Gasteiger partial charge in [0.2, 0.25) is 11.8 Å². The van der Waals surface area contributed by atoms with E-state index in [4.69, 9.17) is 10.3 Å². The molecule has 0 bridgehead atoms. The Kier molecular flexibility index (Phi) is 2.40. The van der Waals surface area contributed by atoms with Gasteiger partial charge in [0.25, 0.3) is 0 Å². The van der Waals surface area contributed by atoms with E-state index >= 15 is 0 Å². The van der Waals surface area contributed by atoms with E-state index in [2.05, 4.69) is 10.6 Å². The van der Waals surface area contributed by atoms with Crippen molar-refractivity contribution < 1.29 is 9.32 Å². The average Bonchev–Trinajstić information content (AvgIpc) is 2.98. The lowest BCUT2D eigenvalue weighted by molar-refractivity contribution is -0.119. The fourth-order valence-electron chi connectivity index (χ4n) is 1.93. The fourth-order valence-corrected chi connectivity index (χ4v) is 1.93. The topological polar surface area (TPSA) is 84.4 Å². The first-order valence-corrected chi connectivity index (χ1v) is 5.62. The molecule has 1 aliphatic rings. The molecule has 0 spiro atoms. The average molecular weight is 244 g/mol. The van der Waals surface area contributed by atoms with Crippen molar-refractivity contribution in [2.45, 2.75) is 6.42 Å². The molecule has 1 aliphatic heterocycles. The van der Waals surface area contributed by atoms with E-state index < -0.39 is 0 Å². The summed E-state index contributed by atoms with van der Waals surface area (Å²) < 4.78 is 4.85. The van der Waals surface area contributed by atoms with Crippen molar-refractivity contribution in [3.8, 4) is 11.3 Å². The largest absolute Gasteiger partial charge is 0.368 e. The smallest absolute Gasteiger partial charge is 0.240 e. The number of benzene rings is 1. The van der Waals surface area contributed by atoms with Crippen LogP contribution in [0.25, 0.3) is 11.3 Å². The zero-order valence-corrected chi connectivity index (χ0v) is 9.59. The Labute approximate surface area is 103 Å². The number of anilines is 2. The number of rotatable bonds is 2. The number of hydrogen-bond acceptors (Lipinski definition) is 5. The van der Waals surface area contributed by atoms with Crippen LogP contribution in [0.2, 0.25) is 0 Å². The predicted molar refractivity (Wildman–Crippen MR) is 66.5 cm³/mol. The molecule has 6 nitrogen and oxygen atoms in total. The van der Waals surface area contributed by atoms with Crippen LogP contribution in [0.1, 0.15) is 6.42 Å². The van der Waals surface area contributed by atoms with Crippen LogP contribution in [-0.2, 0) is 4.79 Å². The highest BCUT2D eigenvalue weighted by molar-refractivity contribution is 5.82. The second-order valence-electron chi connectivity index (χ2n) is 4.10. The molecule has 1 fully saturated rings. The van der Waals surface area contributed by atoms with Gasteiger partial charge in [-0.1, -0.05) is 17.3 Å². The molecule has 1 saturated heterocycles. The summed E-state index contributed by atoms with van der Waals surface area (Å²) in [4.78, 5) is 11.2. The molecule has 2 heterocycles. The quantitative estimate of drug-likeness (QED) is 0.828. The summed E-state index contributed by atoms with van der Waals surface area (Å²) in [5.41, 5.74) is 10.8. The summed E-state index contributed by atoms with van der Waals surface area (Å²) in [5.74, 6) is 0.316. The number of carbonyl (C=O) groups is 1. The van der Waals surface area contributed by atoms with E-state index in [-0.39, 0.29) is 11.8 Å². The van der Waals surface area contributed by atoms with E-state index in [0.717, 1.165) is 11.3 Å². The molecule has 1 aromatic heterocycles. The molecule has 3 rings (SSSR count). The van der Waals surface area contributed by atoms with Gasteiger partial charge < -0.3 is 10.3 Å². The maximum Gasteiger partial charge on any atom is 0.240 e. The van der Waals surface area contributed by atoms with Crippen molar-refractivity contribution in [2.75, 3.05) is 17.3 Å². The summed E-state index contributed by atoms with van der Waals surface area (Å²) in [5, 5.41) is 5.68. The third-order valence-corrected chi connectivity index (χ3v) is 2.80. The first-order valence-electron chi connectivity index (χ1n) is 5.62. The second-order valence-corrected chi connectivity index (χ2v) is 4.10. The Morgan fingerprint density at radius 1 is 1.39 bits per heavy atom. The number of amides is 1.